The van der Waals surface area contributed by atoms with Crippen LogP contribution in [0.1, 0.15) is 23.3 Å². The molecule has 1 atom stereocenters. The van der Waals surface area contributed by atoms with E-state index < -0.39 is 0 Å². The van der Waals surface area contributed by atoms with Gasteiger partial charge in [-0.3, -0.25) is 4.79 Å². The molecule has 0 bridgehead atoms. The highest BCUT2D eigenvalue weighted by Crippen LogP contribution is 2.11. The average Bonchev–Trinajstić information content (AvgIpc) is 2.83. The molecule has 4 nitrogen and oxygen atoms in total. The van der Waals surface area contributed by atoms with E-state index in [9.17, 15) is 4.79 Å². The van der Waals surface area contributed by atoms with E-state index in [-0.39, 0.29) is 5.91 Å². The fourth-order valence-electron chi connectivity index (χ4n) is 1.95. The number of nitrogens with zero attached hydrogens (tertiary/aromatic N) is 1. The first-order chi connectivity index (χ1) is 8.25. The lowest BCUT2D eigenvalue weighted by molar-refractivity contribution is 0.0946. The van der Waals surface area contributed by atoms with Crippen molar-refractivity contribution in [3.63, 3.8) is 0 Å². The molecule has 1 saturated heterocycles. The molecule has 2 N–H and O–H groups in total. The molecule has 0 radical (unpaired) electrons. The highest BCUT2D eigenvalue weighted by atomic mass is 35.5. The van der Waals surface area contributed by atoms with Crippen molar-refractivity contribution >= 4 is 17.5 Å². The number of rotatable bonds is 4. The zero-order chi connectivity index (χ0) is 12.1. The molecule has 0 spiro atoms. The Bertz CT molecular complexity index is 374. The zero-order valence-corrected chi connectivity index (χ0v) is 10.3. The van der Waals surface area contributed by atoms with Gasteiger partial charge in [0, 0.05) is 12.7 Å². The predicted molar refractivity (Wildman–Crippen MR) is 67.2 cm³/mol. The Hall–Kier alpha value is -1.13. The zero-order valence-electron chi connectivity index (χ0n) is 9.58. The second-order valence-corrected chi connectivity index (χ2v) is 4.70. The summed E-state index contributed by atoms with van der Waals surface area (Å²) in [6.07, 6.45) is 3.71. The summed E-state index contributed by atoms with van der Waals surface area (Å²) in [7, 11) is 0. The van der Waals surface area contributed by atoms with Crippen molar-refractivity contribution in [2.45, 2.75) is 12.8 Å². The van der Waals surface area contributed by atoms with Gasteiger partial charge in [-0.05, 0) is 44.0 Å². The third-order valence-electron chi connectivity index (χ3n) is 2.96. The molecule has 0 saturated carbocycles. The standard InChI is InChI=1S/C12H16ClN3O/c13-10-1-2-11(16-8-10)12(17)15-6-4-9-3-5-14-7-9/h1-2,8-9,14H,3-7H2,(H,15,17). The lowest BCUT2D eigenvalue weighted by Gasteiger charge is -2.08. The van der Waals surface area contributed by atoms with Crippen LogP contribution in [0.5, 0.6) is 0 Å². The van der Waals surface area contributed by atoms with Gasteiger partial charge >= 0.3 is 0 Å². The normalized spacial score (nSPS) is 19.2. The number of nitrogens with one attached hydrogen (secondary N) is 2. The second-order valence-electron chi connectivity index (χ2n) is 4.27. The van der Waals surface area contributed by atoms with E-state index in [2.05, 4.69) is 15.6 Å². The highest BCUT2D eigenvalue weighted by Gasteiger charge is 2.14. The maximum atomic E-state index is 11.7. The Kier molecular flexibility index (Phi) is 4.34. The number of pyridine rings is 1. The summed E-state index contributed by atoms with van der Waals surface area (Å²) in [5.74, 6) is 0.557. The molecule has 1 aromatic rings. The minimum absolute atomic E-state index is 0.132. The lowest BCUT2D eigenvalue weighted by atomic mass is 10.1. The van der Waals surface area contributed by atoms with Crippen molar-refractivity contribution in [1.82, 2.24) is 15.6 Å². The molecule has 1 fully saturated rings. The molecular formula is C12H16ClN3O. The highest BCUT2D eigenvalue weighted by molar-refractivity contribution is 6.30. The Balaban J connectivity index is 1.75. The number of hydrogen-bond acceptors (Lipinski definition) is 3. The Labute approximate surface area is 106 Å². The van der Waals surface area contributed by atoms with E-state index in [0.29, 0.717) is 23.2 Å². The van der Waals surface area contributed by atoms with Gasteiger partial charge in [0.05, 0.1) is 5.02 Å². The van der Waals surface area contributed by atoms with Crippen molar-refractivity contribution in [1.29, 1.82) is 0 Å². The number of carbonyl (C=O) groups excluding carboxylic acids is 1. The minimum atomic E-state index is -0.132. The van der Waals surface area contributed by atoms with Crippen molar-refractivity contribution in [2.24, 2.45) is 5.92 Å². The first kappa shape index (κ1) is 12.3. The summed E-state index contributed by atoms with van der Waals surface area (Å²) >= 11 is 5.71. The smallest absolute Gasteiger partial charge is 0.269 e. The van der Waals surface area contributed by atoms with Crippen LogP contribution in [0.2, 0.25) is 5.02 Å². The summed E-state index contributed by atoms with van der Waals surface area (Å²) in [5, 5.41) is 6.72. The third-order valence-corrected chi connectivity index (χ3v) is 3.18. The molecular weight excluding hydrogens is 238 g/mol. The molecule has 1 amide bonds. The summed E-state index contributed by atoms with van der Waals surface area (Å²) < 4.78 is 0. The van der Waals surface area contributed by atoms with Crippen LogP contribution in [0, 0.1) is 5.92 Å². The predicted octanol–water partition coefficient (Wildman–Crippen LogP) is 1.46. The number of carbonyl (C=O) groups is 1. The lowest BCUT2D eigenvalue weighted by Crippen LogP contribution is -2.27. The molecule has 2 heterocycles. The van der Waals surface area contributed by atoms with Crippen molar-refractivity contribution < 1.29 is 4.79 Å². The van der Waals surface area contributed by atoms with Crippen LogP contribution in [-0.2, 0) is 0 Å². The first-order valence-corrected chi connectivity index (χ1v) is 6.24. The minimum Gasteiger partial charge on any atom is -0.351 e. The van der Waals surface area contributed by atoms with Crippen LogP contribution < -0.4 is 10.6 Å². The van der Waals surface area contributed by atoms with Crippen LogP contribution >= 0.6 is 11.6 Å². The van der Waals surface area contributed by atoms with Gasteiger partial charge in [0.1, 0.15) is 5.69 Å². The molecule has 2 rings (SSSR count). The van der Waals surface area contributed by atoms with Gasteiger partial charge in [-0.2, -0.15) is 0 Å². The monoisotopic (exact) mass is 253 g/mol. The van der Waals surface area contributed by atoms with Crippen LogP contribution in [0.25, 0.3) is 0 Å². The third kappa shape index (κ3) is 3.68. The van der Waals surface area contributed by atoms with Gasteiger partial charge in [0.2, 0.25) is 0 Å². The fraction of sp³-hybridized carbons (Fsp3) is 0.500. The van der Waals surface area contributed by atoms with Gasteiger partial charge in [0.25, 0.3) is 5.91 Å². The first-order valence-electron chi connectivity index (χ1n) is 5.86. The van der Waals surface area contributed by atoms with Crippen LogP contribution in [0.15, 0.2) is 18.3 Å². The Morgan fingerprint density at radius 1 is 1.59 bits per heavy atom. The molecule has 1 aliphatic rings. The number of halogens is 1. The van der Waals surface area contributed by atoms with Crippen LogP contribution in [-0.4, -0.2) is 30.5 Å². The second kappa shape index (κ2) is 5.98. The van der Waals surface area contributed by atoms with Gasteiger partial charge in [-0.1, -0.05) is 11.6 Å². The number of amides is 1. The van der Waals surface area contributed by atoms with Gasteiger partial charge < -0.3 is 10.6 Å². The van der Waals surface area contributed by atoms with Crippen molar-refractivity contribution in [3.05, 3.63) is 29.0 Å². The van der Waals surface area contributed by atoms with Gasteiger partial charge in [-0.15, -0.1) is 0 Å². The van der Waals surface area contributed by atoms with E-state index in [1.807, 2.05) is 0 Å². The number of aromatic nitrogens is 1. The summed E-state index contributed by atoms with van der Waals surface area (Å²) in [4.78, 5) is 15.7. The largest absolute Gasteiger partial charge is 0.351 e. The van der Waals surface area contributed by atoms with E-state index in [4.69, 9.17) is 11.6 Å². The van der Waals surface area contributed by atoms with Gasteiger partial charge in [-0.25, -0.2) is 4.98 Å². The maximum Gasteiger partial charge on any atom is 0.269 e. The summed E-state index contributed by atoms with van der Waals surface area (Å²) in [6, 6.07) is 3.30. The van der Waals surface area contributed by atoms with Crippen LogP contribution in [0.4, 0.5) is 0 Å². The summed E-state index contributed by atoms with van der Waals surface area (Å²) in [5.41, 5.74) is 0.416. The Morgan fingerprint density at radius 2 is 2.47 bits per heavy atom. The molecule has 1 aliphatic heterocycles. The SMILES string of the molecule is O=C(NCCC1CCNC1)c1ccc(Cl)cn1. The molecule has 0 aromatic carbocycles. The van der Waals surface area contributed by atoms with Crippen molar-refractivity contribution in [3.8, 4) is 0 Å². The molecule has 0 aliphatic carbocycles. The molecule has 1 unspecified atom stereocenters. The molecule has 1 aromatic heterocycles. The van der Waals surface area contributed by atoms with Crippen LogP contribution in [0.3, 0.4) is 0 Å². The summed E-state index contributed by atoms with van der Waals surface area (Å²) in [6.45, 7) is 2.86. The molecule has 17 heavy (non-hydrogen) atoms. The average molecular weight is 254 g/mol. The molecule has 5 heteroatoms. The Morgan fingerprint density at radius 3 is 3.12 bits per heavy atom. The van der Waals surface area contributed by atoms with Crippen molar-refractivity contribution in [2.75, 3.05) is 19.6 Å². The number of hydrogen-bond donors (Lipinski definition) is 2. The molecule has 92 valence electrons. The van der Waals surface area contributed by atoms with E-state index in [1.165, 1.54) is 12.6 Å². The fourth-order valence-corrected chi connectivity index (χ4v) is 2.06. The van der Waals surface area contributed by atoms with Gasteiger partial charge in [0.15, 0.2) is 0 Å². The van der Waals surface area contributed by atoms with E-state index in [1.54, 1.807) is 12.1 Å². The quantitative estimate of drug-likeness (QED) is 0.854. The van der Waals surface area contributed by atoms with E-state index >= 15 is 0 Å². The van der Waals surface area contributed by atoms with E-state index in [0.717, 1.165) is 19.5 Å². The topological polar surface area (TPSA) is 54.0 Å². The maximum absolute atomic E-state index is 11.7.